The molecule has 0 radical (unpaired) electrons. The van der Waals surface area contributed by atoms with E-state index in [9.17, 15) is 14.7 Å². The highest BCUT2D eigenvalue weighted by Gasteiger charge is 2.28. The number of β-amino-alcohol motifs (C(OH)–C–C–N with tert-alkyl or cyclic N) is 1. The van der Waals surface area contributed by atoms with Gasteiger partial charge in [0.1, 0.15) is 6.54 Å². The van der Waals surface area contributed by atoms with Crippen molar-refractivity contribution in [3.63, 3.8) is 0 Å². The van der Waals surface area contributed by atoms with Gasteiger partial charge < -0.3 is 19.8 Å². The molecule has 1 N–H and O–H groups in total. The van der Waals surface area contributed by atoms with Gasteiger partial charge in [-0.05, 0) is 49.7 Å². The summed E-state index contributed by atoms with van der Waals surface area (Å²) in [6, 6.07) is 5.12. The quantitative estimate of drug-likeness (QED) is 0.691. The van der Waals surface area contributed by atoms with Gasteiger partial charge in [-0.3, -0.25) is 9.59 Å². The lowest BCUT2D eigenvalue weighted by Gasteiger charge is -2.36. The van der Waals surface area contributed by atoms with Gasteiger partial charge in [-0.25, -0.2) is 0 Å². The van der Waals surface area contributed by atoms with Crippen LogP contribution in [0.25, 0.3) is 6.08 Å². The maximum Gasteiger partial charge on any atom is 0.247 e. The molecule has 2 aliphatic rings. The first-order chi connectivity index (χ1) is 13.9. The Labute approximate surface area is 181 Å². The molecule has 3 rings (SSSR count). The van der Waals surface area contributed by atoms with Crippen LogP contribution >= 0.6 is 23.2 Å². The number of halogens is 2. The van der Waals surface area contributed by atoms with Crippen LogP contribution in [0.4, 0.5) is 0 Å². The van der Waals surface area contributed by atoms with Crippen LogP contribution in [0.1, 0.15) is 24.8 Å². The van der Waals surface area contributed by atoms with Gasteiger partial charge in [0.15, 0.2) is 0 Å². The number of hydrogen-bond acceptors (Lipinski definition) is 4. The van der Waals surface area contributed by atoms with Crippen molar-refractivity contribution in [2.24, 2.45) is 0 Å². The third-order valence-electron chi connectivity index (χ3n) is 5.34. The molecule has 8 heteroatoms. The molecule has 1 aromatic carbocycles. The second-order valence-electron chi connectivity index (χ2n) is 7.62. The third-order valence-corrected chi connectivity index (χ3v) is 6.08. The molecular formula is C21H27Cl2N3O3. The summed E-state index contributed by atoms with van der Waals surface area (Å²) in [5.74, 6) is -0.358. The number of aliphatic hydroxyl groups excluding tert-OH is 1. The minimum absolute atomic E-state index is 0.0288. The molecule has 6 nitrogen and oxygen atoms in total. The average molecular weight is 440 g/mol. The maximum atomic E-state index is 12.4. The number of piperazine rings is 1. The van der Waals surface area contributed by atoms with Crippen molar-refractivity contribution in [1.29, 1.82) is 0 Å². The summed E-state index contributed by atoms with van der Waals surface area (Å²) in [7, 11) is 0. The number of rotatable bonds is 6. The van der Waals surface area contributed by atoms with Crippen LogP contribution in [0.3, 0.4) is 0 Å². The molecular weight excluding hydrogens is 413 g/mol. The molecule has 2 fully saturated rings. The van der Waals surface area contributed by atoms with Crippen LogP contribution in [0, 0.1) is 0 Å². The van der Waals surface area contributed by atoms with Crippen molar-refractivity contribution >= 4 is 41.1 Å². The van der Waals surface area contributed by atoms with Crippen LogP contribution in [-0.2, 0) is 9.59 Å². The van der Waals surface area contributed by atoms with E-state index in [1.807, 2.05) is 0 Å². The number of carbonyl (C=O) groups is 2. The molecule has 1 aromatic rings. The van der Waals surface area contributed by atoms with Gasteiger partial charge in [0.05, 0.1) is 16.1 Å². The van der Waals surface area contributed by atoms with E-state index in [-0.39, 0.29) is 18.4 Å². The van der Waals surface area contributed by atoms with Crippen molar-refractivity contribution in [2.45, 2.75) is 25.4 Å². The Bertz CT molecular complexity index is 766. The minimum atomic E-state index is -0.561. The van der Waals surface area contributed by atoms with Crippen molar-refractivity contribution in [3.8, 4) is 0 Å². The zero-order valence-corrected chi connectivity index (χ0v) is 17.9. The molecule has 2 aliphatic heterocycles. The van der Waals surface area contributed by atoms with Crippen LogP contribution in [0.15, 0.2) is 24.3 Å². The first-order valence-corrected chi connectivity index (χ1v) is 10.8. The highest BCUT2D eigenvalue weighted by molar-refractivity contribution is 6.42. The standard InChI is InChI=1S/C21H27Cl2N3O3/c22-18-6-4-16(12-19(18)23)5-7-20(28)26-11-10-25(21(29)15-26)14-17(27)13-24-8-2-1-3-9-24/h4-7,12,17,27H,1-3,8-11,13-15H2/b7-5+. The fraction of sp³-hybridized carbons (Fsp3) is 0.524. The van der Waals surface area contributed by atoms with Crippen molar-refractivity contribution in [2.75, 3.05) is 45.8 Å². The fourth-order valence-electron chi connectivity index (χ4n) is 3.73. The van der Waals surface area contributed by atoms with Crippen LogP contribution in [0.2, 0.25) is 10.0 Å². The summed E-state index contributed by atoms with van der Waals surface area (Å²) in [5, 5.41) is 11.2. The molecule has 1 atom stereocenters. The zero-order chi connectivity index (χ0) is 20.8. The van der Waals surface area contributed by atoms with Gasteiger partial charge in [-0.15, -0.1) is 0 Å². The Morgan fingerprint density at radius 2 is 1.83 bits per heavy atom. The Kier molecular flexibility index (Phi) is 7.95. The minimum Gasteiger partial charge on any atom is -0.390 e. The molecule has 0 aliphatic carbocycles. The molecule has 2 saturated heterocycles. The Morgan fingerprint density at radius 3 is 2.52 bits per heavy atom. The Morgan fingerprint density at radius 1 is 1.07 bits per heavy atom. The highest BCUT2D eigenvalue weighted by Crippen LogP contribution is 2.23. The molecule has 2 heterocycles. The first-order valence-electron chi connectivity index (χ1n) is 10.0. The van der Waals surface area contributed by atoms with E-state index >= 15 is 0 Å². The monoisotopic (exact) mass is 439 g/mol. The van der Waals surface area contributed by atoms with E-state index < -0.39 is 6.10 Å². The number of aliphatic hydroxyl groups is 1. The van der Waals surface area contributed by atoms with Crippen LogP contribution in [0.5, 0.6) is 0 Å². The first kappa shape index (κ1) is 22.1. The summed E-state index contributed by atoms with van der Waals surface area (Å²) in [6.45, 7) is 3.85. The van der Waals surface area contributed by atoms with Crippen molar-refractivity contribution in [3.05, 3.63) is 39.9 Å². The number of carbonyl (C=O) groups excluding carboxylic acids is 2. The lowest BCUT2D eigenvalue weighted by molar-refractivity contribution is -0.144. The van der Waals surface area contributed by atoms with Gasteiger partial charge in [0, 0.05) is 32.3 Å². The topological polar surface area (TPSA) is 64.1 Å². The second kappa shape index (κ2) is 10.4. The fourth-order valence-corrected chi connectivity index (χ4v) is 4.04. The van der Waals surface area contributed by atoms with E-state index in [0.29, 0.717) is 36.2 Å². The summed E-state index contributed by atoms with van der Waals surface area (Å²) in [5.41, 5.74) is 0.763. The van der Waals surface area contributed by atoms with E-state index in [0.717, 1.165) is 18.7 Å². The second-order valence-corrected chi connectivity index (χ2v) is 8.44. The van der Waals surface area contributed by atoms with Gasteiger partial charge in [-0.1, -0.05) is 35.7 Å². The smallest absolute Gasteiger partial charge is 0.247 e. The van der Waals surface area contributed by atoms with Gasteiger partial charge in [0.2, 0.25) is 11.8 Å². The Balaban J connectivity index is 1.47. The highest BCUT2D eigenvalue weighted by atomic mass is 35.5. The van der Waals surface area contributed by atoms with Gasteiger partial charge in [-0.2, -0.15) is 0 Å². The zero-order valence-electron chi connectivity index (χ0n) is 16.4. The molecule has 0 spiro atoms. The number of amides is 2. The van der Waals surface area contributed by atoms with Crippen molar-refractivity contribution < 1.29 is 14.7 Å². The van der Waals surface area contributed by atoms with Crippen LogP contribution in [-0.4, -0.2) is 83.5 Å². The lowest BCUT2D eigenvalue weighted by atomic mass is 10.1. The summed E-state index contributed by atoms with van der Waals surface area (Å²) in [6.07, 6.45) is 6.12. The summed E-state index contributed by atoms with van der Waals surface area (Å²) >= 11 is 11.9. The van der Waals surface area contributed by atoms with Crippen LogP contribution < -0.4 is 0 Å². The maximum absolute atomic E-state index is 12.4. The number of nitrogens with zero attached hydrogens (tertiary/aromatic N) is 3. The molecule has 0 aromatic heterocycles. The lowest BCUT2D eigenvalue weighted by Crippen LogP contribution is -2.54. The largest absolute Gasteiger partial charge is 0.390 e. The van der Waals surface area contributed by atoms with E-state index in [4.69, 9.17) is 23.2 Å². The summed E-state index contributed by atoms with van der Waals surface area (Å²) in [4.78, 5) is 30.3. The number of likely N-dealkylation sites (tertiary alicyclic amines) is 1. The molecule has 29 heavy (non-hydrogen) atoms. The normalized spacial score (nSPS) is 19.8. The van der Waals surface area contributed by atoms with Crippen molar-refractivity contribution in [1.82, 2.24) is 14.7 Å². The molecule has 0 saturated carbocycles. The summed E-state index contributed by atoms with van der Waals surface area (Å²) < 4.78 is 0. The SMILES string of the molecule is O=C(/C=C/c1ccc(Cl)c(Cl)c1)N1CCN(CC(O)CN2CCCCC2)C(=O)C1. The van der Waals surface area contributed by atoms with Gasteiger partial charge in [0.25, 0.3) is 0 Å². The number of benzene rings is 1. The third kappa shape index (κ3) is 6.44. The molecule has 1 unspecified atom stereocenters. The molecule has 2 amide bonds. The van der Waals surface area contributed by atoms with E-state index in [1.165, 1.54) is 30.2 Å². The average Bonchev–Trinajstić information content (AvgIpc) is 2.71. The predicted octanol–water partition coefficient (Wildman–Crippen LogP) is 2.52. The Hall–Kier alpha value is -1.60. The predicted molar refractivity (Wildman–Crippen MR) is 115 cm³/mol. The van der Waals surface area contributed by atoms with E-state index in [1.54, 1.807) is 29.2 Å². The molecule has 158 valence electrons. The van der Waals surface area contributed by atoms with Gasteiger partial charge >= 0.3 is 0 Å². The number of hydrogen-bond donors (Lipinski definition) is 1. The molecule has 0 bridgehead atoms. The van der Waals surface area contributed by atoms with E-state index in [2.05, 4.69) is 4.90 Å². The number of piperidine rings is 1.